The van der Waals surface area contributed by atoms with Gasteiger partial charge in [0.25, 0.3) is 0 Å². The van der Waals surface area contributed by atoms with Crippen LogP contribution in [0.5, 0.6) is 0 Å². The van der Waals surface area contributed by atoms with Gasteiger partial charge in [0.15, 0.2) is 0 Å². The third-order valence-electron chi connectivity index (χ3n) is 4.21. The first-order chi connectivity index (χ1) is 11.0. The number of nitrogens with zero attached hydrogens (tertiary/aromatic N) is 1. The lowest BCUT2D eigenvalue weighted by atomic mass is 9.94. The predicted octanol–water partition coefficient (Wildman–Crippen LogP) is 4.55. The third-order valence-corrected chi connectivity index (χ3v) is 4.65. The summed E-state index contributed by atoms with van der Waals surface area (Å²) in [7, 11) is 0. The zero-order chi connectivity index (χ0) is 16.4. The molecule has 1 amide bonds. The topological polar surface area (TPSA) is 32.3 Å². The molecule has 1 aliphatic rings. The molecule has 1 atom stereocenters. The summed E-state index contributed by atoms with van der Waals surface area (Å²) in [6.07, 6.45) is 0.969. The van der Waals surface area contributed by atoms with E-state index in [1.165, 1.54) is 11.1 Å². The lowest BCUT2D eigenvalue weighted by Crippen LogP contribution is -2.39. The van der Waals surface area contributed by atoms with Gasteiger partial charge in [0.2, 0.25) is 5.91 Å². The second-order valence-corrected chi connectivity index (χ2v) is 6.67. The molecule has 1 heterocycles. The molecule has 0 saturated carbocycles. The van der Waals surface area contributed by atoms with E-state index in [0.29, 0.717) is 22.3 Å². The van der Waals surface area contributed by atoms with E-state index in [1.807, 2.05) is 6.07 Å². The highest BCUT2D eigenvalue weighted by Crippen LogP contribution is 2.29. The number of benzene rings is 2. The zero-order valence-corrected chi connectivity index (χ0v) is 14.4. The smallest absolute Gasteiger partial charge is 0.238 e. The molecule has 2 aromatic rings. The summed E-state index contributed by atoms with van der Waals surface area (Å²) in [5, 5.41) is 3.88. The Morgan fingerprint density at radius 3 is 2.65 bits per heavy atom. The quantitative estimate of drug-likeness (QED) is 0.882. The molecular formula is C18H18Cl2N2O. The van der Waals surface area contributed by atoms with Gasteiger partial charge in [0, 0.05) is 28.3 Å². The average molecular weight is 349 g/mol. The molecule has 1 aliphatic heterocycles. The summed E-state index contributed by atoms with van der Waals surface area (Å²) in [4.78, 5) is 14.5. The summed E-state index contributed by atoms with van der Waals surface area (Å²) in [5.74, 6) is -0.0606. The van der Waals surface area contributed by atoms with Gasteiger partial charge in [-0.25, -0.2) is 0 Å². The first-order valence-corrected chi connectivity index (χ1v) is 8.36. The SMILES string of the molecule is CC1c2ccccc2CCN1CC(=O)Nc1cc(Cl)cc(Cl)c1. The summed E-state index contributed by atoms with van der Waals surface area (Å²) in [5.41, 5.74) is 3.30. The Kier molecular flexibility index (Phi) is 4.90. The van der Waals surface area contributed by atoms with E-state index < -0.39 is 0 Å². The van der Waals surface area contributed by atoms with Gasteiger partial charge >= 0.3 is 0 Å². The average Bonchev–Trinajstić information content (AvgIpc) is 2.49. The van der Waals surface area contributed by atoms with Crippen molar-refractivity contribution >= 4 is 34.8 Å². The fourth-order valence-electron chi connectivity index (χ4n) is 3.05. The standard InChI is InChI=1S/C18H18Cl2N2O/c1-12-17-5-3-2-4-13(17)6-7-22(12)11-18(23)21-16-9-14(19)8-15(20)10-16/h2-5,8-10,12H,6-7,11H2,1H3,(H,21,23). The van der Waals surface area contributed by atoms with Crippen molar-refractivity contribution in [1.82, 2.24) is 4.90 Å². The van der Waals surface area contributed by atoms with Gasteiger partial charge in [-0.15, -0.1) is 0 Å². The van der Waals surface area contributed by atoms with Crippen LogP contribution < -0.4 is 5.32 Å². The molecule has 3 rings (SSSR count). The van der Waals surface area contributed by atoms with E-state index in [0.717, 1.165) is 13.0 Å². The molecule has 1 unspecified atom stereocenters. The number of amides is 1. The van der Waals surface area contributed by atoms with Crippen molar-refractivity contribution in [3.05, 3.63) is 63.6 Å². The molecule has 0 aliphatic carbocycles. The van der Waals surface area contributed by atoms with E-state index in [4.69, 9.17) is 23.2 Å². The van der Waals surface area contributed by atoms with Crippen LogP contribution in [-0.2, 0) is 11.2 Å². The second kappa shape index (κ2) is 6.91. The summed E-state index contributed by atoms with van der Waals surface area (Å²) < 4.78 is 0. The Balaban J connectivity index is 1.67. The Hall–Kier alpha value is -1.55. The number of carbonyl (C=O) groups is 1. The first kappa shape index (κ1) is 16.3. The number of rotatable bonds is 3. The molecule has 120 valence electrons. The Morgan fingerprint density at radius 1 is 1.22 bits per heavy atom. The maximum absolute atomic E-state index is 12.3. The van der Waals surface area contributed by atoms with Crippen molar-refractivity contribution in [3.8, 4) is 0 Å². The van der Waals surface area contributed by atoms with Gasteiger partial charge in [-0.1, -0.05) is 47.5 Å². The van der Waals surface area contributed by atoms with Gasteiger partial charge < -0.3 is 5.32 Å². The molecule has 2 aromatic carbocycles. The van der Waals surface area contributed by atoms with Crippen LogP contribution in [0, 0.1) is 0 Å². The lowest BCUT2D eigenvalue weighted by molar-refractivity contribution is -0.117. The van der Waals surface area contributed by atoms with Gasteiger partial charge in [-0.3, -0.25) is 9.69 Å². The molecule has 0 saturated heterocycles. The molecular weight excluding hydrogens is 331 g/mol. The van der Waals surface area contributed by atoms with Crippen molar-refractivity contribution in [2.75, 3.05) is 18.4 Å². The van der Waals surface area contributed by atoms with Crippen molar-refractivity contribution in [2.45, 2.75) is 19.4 Å². The summed E-state index contributed by atoms with van der Waals surface area (Å²) in [6, 6.07) is 13.7. The number of hydrogen-bond donors (Lipinski definition) is 1. The maximum atomic E-state index is 12.3. The van der Waals surface area contributed by atoms with Crippen LogP contribution in [0.4, 0.5) is 5.69 Å². The van der Waals surface area contributed by atoms with Crippen molar-refractivity contribution in [1.29, 1.82) is 0 Å². The number of hydrogen-bond acceptors (Lipinski definition) is 2. The van der Waals surface area contributed by atoms with Crippen LogP contribution in [0.2, 0.25) is 10.0 Å². The minimum Gasteiger partial charge on any atom is -0.325 e. The molecule has 0 aromatic heterocycles. The fourth-order valence-corrected chi connectivity index (χ4v) is 3.58. The molecule has 3 nitrogen and oxygen atoms in total. The minimum absolute atomic E-state index is 0.0606. The molecule has 1 N–H and O–H groups in total. The Bertz CT molecular complexity index is 712. The van der Waals surface area contributed by atoms with Crippen LogP contribution in [-0.4, -0.2) is 23.9 Å². The van der Waals surface area contributed by atoms with Crippen LogP contribution in [0.3, 0.4) is 0 Å². The maximum Gasteiger partial charge on any atom is 0.238 e. The van der Waals surface area contributed by atoms with Crippen molar-refractivity contribution < 1.29 is 4.79 Å². The second-order valence-electron chi connectivity index (χ2n) is 5.80. The molecule has 0 radical (unpaired) electrons. The minimum atomic E-state index is -0.0606. The van der Waals surface area contributed by atoms with Crippen LogP contribution in [0.25, 0.3) is 0 Å². The van der Waals surface area contributed by atoms with E-state index >= 15 is 0 Å². The van der Waals surface area contributed by atoms with Crippen LogP contribution in [0.15, 0.2) is 42.5 Å². The number of anilines is 1. The number of halogens is 2. The van der Waals surface area contributed by atoms with E-state index in [2.05, 4.69) is 35.3 Å². The van der Waals surface area contributed by atoms with Crippen molar-refractivity contribution in [2.24, 2.45) is 0 Å². The lowest BCUT2D eigenvalue weighted by Gasteiger charge is -2.34. The summed E-state index contributed by atoms with van der Waals surface area (Å²) >= 11 is 11.9. The number of nitrogens with one attached hydrogen (secondary N) is 1. The molecule has 0 fully saturated rings. The third kappa shape index (κ3) is 3.86. The number of fused-ring (bicyclic) bond motifs is 1. The molecule has 5 heteroatoms. The predicted molar refractivity (Wildman–Crippen MR) is 95.2 cm³/mol. The zero-order valence-electron chi connectivity index (χ0n) is 12.9. The normalized spacial score (nSPS) is 17.6. The van der Waals surface area contributed by atoms with E-state index in [-0.39, 0.29) is 11.9 Å². The van der Waals surface area contributed by atoms with Crippen LogP contribution in [0.1, 0.15) is 24.1 Å². The highest BCUT2D eigenvalue weighted by Gasteiger charge is 2.24. The van der Waals surface area contributed by atoms with E-state index in [1.54, 1.807) is 18.2 Å². The fraction of sp³-hybridized carbons (Fsp3) is 0.278. The van der Waals surface area contributed by atoms with Crippen LogP contribution >= 0.6 is 23.2 Å². The highest BCUT2D eigenvalue weighted by atomic mass is 35.5. The largest absolute Gasteiger partial charge is 0.325 e. The monoisotopic (exact) mass is 348 g/mol. The molecule has 0 bridgehead atoms. The highest BCUT2D eigenvalue weighted by molar-refractivity contribution is 6.35. The van der Waals surface area contributed by atoms with E-state index in [9.17, 15) is 4.79 Å². The van der Waals surface area contributed by atoms with Crippen molar-refractivity contribution in [3.63, 3.8) is 0 Å². The number of carbonyl (C=O) groups excluding carboxylic acids is 1. The van der Waals surface area contributed by atoms with Gasteiger partial charge in [0.1, 0.15) is 0 Å². The first-order valence-electron chi connectivity index (χ1n) is 7.61. The van der Waals surface area contributed by atoms with Gasteiger partial charge in [-0.05, 0) is 42.7 Å². The Labute approximate surface area is 146 Å². The molecule has 0 spiro atoms. The van der Waals surface area contributed by atoms with Gasteiger partial charge in [0.05, 0.1) is 6.54 Å². The molecule has 23 heavy (non-hydrogen) atoms. The summed E-state index contributed by atoms with van der Waals surface area (Å²) in [6.45, 7) is 3.36. The van der Waals surface area contributed by atoms with Gasteiger partial charge in [-0.2, -0.15) is 0 Å². The Morgan fingerprint density at radius 2 is 1.91 bits per heavy atom.